The predicted octanol–water partition coefficient (Wildman–Crippen LogP) is 2.26. The molecule has 2 aromatic carbocycles. The van der Waals surface area contributed by atoms with Crippen LogP contribution >= 0.6 is 0 Å². The molecular weight excluding hydrogens is 238 g/mol. The zero-order valence-corrected chi connectivity index (χ0v) is 10.5. The van der Waals surface area contributed by atoms with E-state index in [9.17, 15) is 4.79 Å². The third-order valence-corrected chi connectivity index (χ3v) is 3.40. The second-order valence-corrected chi connectivity index (χ2v) is 4.73. The minimum absolute atomic E-state index is 0.0231. The van der Waals surface area contributed by atoms with Crippen LogP contribution in [0.4, 0.5) is 0 Å². The first-order chi connectivity index (χ1) is 9.25. The van der Waals surface area contributed by atoms with Crippen LogP contribution in [-0.4, -0.2) is 11.9 Å². The first-order valence-corrected chi connectivity index (χ1v) is 6.33. The Morgan fingerprint density at radius 3 is 2.47 bits per heavy atom. The second kappa shape index (κ2) is 4.86. The maximum absolute atomic E-state index is 12.3. The number of hydrogen-bond donors (Lipinski definition) is 1. The molecule has 0 aromatic heterocycles. The molecule has 2 N–H and O–H groups in total. The van der Waals surface area contributed by atoms with Crippen LogP contribution in [0.15, 0.2) is 54.6 Å². The van der Waals surface area contributed by atoms with Crippen molar-refractivity contribution in [2.75, 3.05) is 0 Å². The number of fused-ring (bicyclic) bond motifs is 1. The van der Waals surface area contributed by atoms with E-state index in [1.54, 1.807) is 0 Å². The van der Waals surface area contributed by atoms with Crippen molar-refractivity contribution in [1.82, 2.24) is 0 Å². The third-order valence-electron chi connectivity index (χ3n) is 3.40. The standard InChI is InChI=1S/C16H15NO2/c17-15-12-8-4-5-9-14(12)19-16(15)13(18)10-11-6-2-1-3-7-11/h1-9,15-16H,10,17H2. The number of ether oxygens (including phenoxy) is 1. The molecule has 0 radical (unpaired) electrons. The van der Waals surface area contributed by atoms with E-state index in [2.05, 4.69) is 0 Å². The molecule has 96 valence electrons. The molecule has 1 aliphatic heterocycles. The SMILES string of the molecule is NC1c2ccccc2OC1C(=O)Cc1ccccc1. The molecule has 1 heterocycles. The quantitative estimate of drug-likeness (QED) is 0.912. The van der Waals surface area contributed by atoms with E-state index in [1.165, 1.54) is 0 Å². The Kier molecular flexibility index (Phi) is 3.05. The molecule has 3 heteroatoms. The molecule has 0 saturated carbocycles. The highest BCUT2D eigenvalue weighted by molar-refractivity contribution is 5.87. The van der Waals surface area contributed by atoms with Crippen LogP contribution in [0.3, 0.4) is 0 Å². The molecule has 0 aliphatic carbocycles. The van der Waals surface area contributed by atoms with Crippen molar-refractivity contribution in [1.29, 1.82) is 0 Å². The minimum atomic E-state index is -0.572. The number of carbonyl (C=O) groups excluding carboxylic acids is 1. The number of benzene rings is 2. The van der Waals surface area contributed by atoms with E-state index < -0.39 is 6.10 Å². The van der Waals surface area contributed by atoms with E-state index in [1.807, 2.05) is 54.6 Å². The van der Waals surface area contributed by atoms with Crippen LogP contribution in [0, 0.1) is 0 Å². The van der Waals surface area contributed by atoms with Crippen LogP contribution in [0.2, 0.25) is 0 Å². The second-order valence-electron chi connectivity index (χ2n) is 4.73. The molecule has 0 amide bonds. The summed E-state index contributed by atoms with van der Waals surface area (Å²) in [6.07, 6.45) is -0.217. The van der Waals surface area contributed by atoms with Gasteiger partial charge in [0.1, 0.15) is 5.75 Å². The van der Waals surface area contributed by atoms with Gasteiger partial charge in [0.05, 0.1) is 6.04 Å². The molecule has 3 rings (SSSR count). The van der Waals surface area contributed by atoms with Crippen LogP contribution in [-0.2, 0) is 11.2 Å². The fraction of sp³-hybridized carbons (Fsp3) is 0.188. The molecule has 3 nitrogen and oxygen atoms in total. The summed E-state index contributed by atoms with van der Waals surface area (Å²) in [6, 6.07) is 16.8. The molecule has 1 aliphatic rings. The van der Waals surface area contributed by atoms with E-state index in [0.29, 0.717) is 6.42 Å². The zero-order chi connectivity index (χ0) is 13.2. The molecule has 0 bridgehead atoms. The normalized spacial score (nSPS) is 20.7. The summed E-state index contributed by atoms with van der Waals surface area (Å²) in [4.78, 5) is 12.3. The minimum Gasteiger partial charge on any atom is -0.480 e. The van der Waals surface area contributed by atoms with Crippen molar-refractivity contribution in [3.63, 3.8) is 0 Å². The fourth-order valence-corrected chi connectivity index (χ4v) is 2.40. The number of ketones is 1. The van der Waals surface area contributed by atoms with Gasteiger partial charge in [0.25, 0.3) is 0 Å². The molecule has 0 saturated heterocycles. The summed E-state index contributed by atoms with van der Waals surface area (Å²) in [5, 5.41) is 0. The number of hydrogen-bond acceptors (Lipinski definition) is 3. The lowest BCUT2D eigenvalue weighted by atomic mass is 9.98. The molecular formula is C16H15NO2. The summed E-state index contributed by atoms with van der Waals surface area (Å²) in [6.45, 7) is 0. The number of carbonyl (C=O) groups is 1. The Bertz CT molecular complexity index is 595. The van der Waals surface area contributed by atoms with Crippen molar-refractivity contribution >= 4 is 5.78 Å². The molecule has 0 spiro atoms. The summed E-state index contributed by atoms with van der Waals surface area (Å²) < 4.78 is 5.68. The smallest absolute Gasteiger partial charge is 0.179 e. The Hall–Kier alpha value is -2.13. The summed E-state index contributed by atoms with van der Waals surface area (Å²) >= 11 is 0. The topological polar surface area (TPSA) is 52.3 Å². The Morgan fingerprint density at radius 2 is 1.74 bits per heavy atom. The molecule has 2 aromatic rings. The Labute approximate surface area is 112 Å². The highest BCUT2D eigenvalue weighted by atomic mass is 16.5. The van der Waals surface area contributed by atoms with Gasteiger partial charge in [-0.2, -0.15) is 0 Å². The van der Waals surface area contributed by atoms with Gasteiger partial charge in [-0.3, -0.25) is 4.79 Å². The van der Waals surface area contributed by atoms with Gasteiger partial charge >= 0.3 is 0 Å². The lowest BCUT2D eigenvalue weighted by molar-refractivity contribution is -0.125. The van der Waals surface area contributed by atoms with Gasteiger partial charge in [0.2, 0.25) is 0 Å². The largest absolute Gasteiger partial charge is 0.480 e. The van der Waals surface area contributed by atoms with Crippen molar-refractivity contribution < 1.29 is 9.53 Å². The van der Waals surface area contributed by atoms with Gasteiger partial charge in [-0.1, -0.05) is 48.5 Å². The third kappa shape index (κ3) is 2.25. The van der Waals surface area contributed by atoms with Gasteiger partial charge in [-0.15, -0.1) is 0 Å². The van der Waals surface area contributed by atoms with Crippen LogP contribution in [0.1, 0.15) is 17.2 Å². The predicted molar refractivity (Wildman–Crippen MR) is 72.9 cm³/mol. The van der Waals surface area contributed by atoms with Gasteiger partial charge in [0, 0.05) is 12.0 Å². The van der Waals surface area contributed by atoms with Gasteiger partial charge in [-0.25, -0.2) is 0 Å². The highest BCUT2D eigenvalue weighted by Gasteiger charge is 2.36. The van der Waals surface area contributed by atoms with Crippen LogP contribution in [0.25, 0.3) is 0 Å². The van der Waals surface area contributed by atoms with Gasteiger partial charge in [-0.05, 0) is 11.6 Å². The first kappa shape index (κ1) is 11.9. The van der Waals surface area contributed by atoms with Crippen LogP contribution < -0.4 is 10.5 Å². The lowest BCUT2D eigenvalue weighted by Gasteiger charge is -2.14. The summed E-state index contributed by atoms with van der Waals surface area (Å²) in [7, 11) is 0. The lowest BCUT2D eigenvalue weighted by Crippen LogP contribution is -2.34. The monoisotopic (exact) mass is 253 g/mol. The Morgan fingerprint density at radius 1 is 1.05 bits per heavy atom. The maximum atomic E-state index is 12.3. The average molecular weight is 253 g/mol. The van der Waals surface area contributed by atoms with Crippen LogP contribution in [0.5, 0.6) is 5.75 Å². The Balaban J connectivity index is 1.77. The van der Waals surface area contributed by atoms with E-state index in [-0.39, 0.29) is 11.8 Å². The summed E-state index contributed by atoms with van der Waals surface area (Å²) in [5.74, 6) is 0.747. The highest BCUT2D eigenvalue weighted by Crippen LogP contribution is 2.35. The first-order valence-electron chi connectivity index (χ1n) is 6.33. The molecule has 0 fully saturated rings. The average Bonchev–Trinajstić information content (AvgIpc) is 2.78. The van der Waals surface area contributed by atoms with Gasteiger partial charge < -0.3 is 10.5 Å². The zero-order valence-electron chi connectivity index (χ0n) is 10.5. The van der Waals surface area contributed by atoms with Crippen molar-refractivity contribution in [2.45, 2.75) is 18.6 Å². The number of rotatable bonds is 3. The number of Topliss-reactive ketones (excluding diaryl/α,β-unsaturated/α-hetero) is 1. The van der Waals surface area contributed by atoms with E-state index in [4.69, 9.17) is 10.5 Å². The fourth-order valence-electron chi connectivity index (χ4n) is 2.40. The van der Waals surface area contributed by atoms with Crippen molar-refractivity contribution in [3.8, 4) is 5.75 Å². The molecule has 19 heavy (non-hydrogen) atoms. The van der Waals surface area contributed by atoms with Gasteiger partial charge in [0.15, 0.2) is 11.9 Å². The molecule has 2 atom stereocenters. The van der Waals surface area contributed by atoms with Crippen molar-refractivity contribution in [3.05, 3.63) is 65.7 Å². The number of para-hydroxylation sites is 1. The van der Waals surface area contributed by atoms with E-state index >= 15 is 0 Å². The summed E-state index contributed by atoms with van der Waals surface area (Å²) in [5.41, 5.74) is 8.00. The van der Waals surface area contributed by atoms with Crippen molar-refractivity contribution in [2.24, 2.45) is 5.73 Å². The van der Waals surface area contributed by atoms with E-state index in [0.717, 1.165) is 16.9 Å². The molecule has 2 unspecified atom stereocenters. The maximum Gasteiger partial charge on any atom is 0.179 e. The number of nitrogens with two attached hydrogens (primary N) is 1.